The van der Waals surface area contributed by atoms with E-state index in [1.165, 1.54) is 13.0 Å². The second-order valence-corrected chi connectivity index (χ2v) is 7.31. The number of carbonyl (C=O) groups excluding carboxylic acids is 1. The summed E-state index contributed by atoms with van der Waals surface area (Å²) < 4.78 is 59.1. The second kappa shape index (κ2) is 7.20. The summed E-state index contributed by atoms with van der Waals surface area (Å²) in [5.41, 5.74) is 1.07. The molecule has 0 spiro atoms. The van der Waals surface area contributed by atoms with Crippen LogP contribution in [0.1, 0.15) is 35.6 Å². The normalized spacial score (nSPS) is 20.1. The zero-order valence-corrected chi connectivity index (χ0v) is 15.9. The number of amides is 1. The lowest BCUT2D eigenvalue weighted by Gasteiger charge is -2.42. The van der Waals surface area contributed by atoms with Gasteiger partial charge in [0.15, 0.2) is 5.75 Å². The maximum Gasteiger partial charge on any atom is 0.471 e. The minimum atomic E-state index is -5.02. The molecule has 1 N–H and O–H groups in total. The van der Waals surface area contributed by atoms with Crippen LogP contribution < -0.4 is 15.0 Å². The fraction of sp³-hybridized carbons (Fsp3) is 0.333. The van der Waals surface area contributed by atoms with Gasteiger partial charge < -0.3 is 15.0 Å². The number of ether oxygens (including phenoxy) is 1. The molecular weight excluding hydrogens is 402 g/mol. The standard InChI is InChI=1S/C21H17F4N3O2/c1-11-13(10-26)19-17(9-14(11)22)30-16-7-3-2-5-12(16)18-15(6-4-8-28(18)19)27-20(29)21(23,24)25/h2-3,5,7,9,15,18H,4,6,8H2,1H3,(H,27,29)/t15-,18+/m0/s1. The molecule has 0 bridgehead atoms. The van der Waals surface area contributed by atoms with Gasteiger partial charge in [-0.15, -0.1) is 0 Å². The molecule has 1 fully saturated rings. The first-order chi connectivity index (χ1) is 14.2. The molecule has 30 heavy (non-hydrogen) atoms. The Labute approximate surface area is 169 Å². The van der Waals surface area contributed by atoms with Crippen LogP contribution >= 0.6 is 0 Å². The van der Waals surface area contributed by atoms with Gasteiger partial charge >= 0.3 is 12.1 Å². The van der Waals surface area contributed by atoms with Crippen molar-refractivity contribution in [3.63, 3.8) is 0 Å². The molecule has 0 aromatic heterocycles. The average Bonchev–Trinajstić information content (AvgIpc) is 2.83. The van der Waals surface area contributed by atoms with Gasteiger partial charge in [0.2, 0.25) is 0 Å². The number of hydrogen-bond acceptors (Lipinski definition) is 4. The second-order valence-electron chi connectivity index (χ2n) is 7.31. The van der Waals surface area contributed by atoms with E-state index in [1.807, 2.05) is 6.07 Å². The van der Waals surface area contributed by atoms with E-state index in [1.54, 1.807) is 29.2 Å². The number of fused-ring (bicyclic) bond motifs is 5. The smallest absolute Gasteiger partial charge is 0.455 e. The van der Waals surface area contributed by atoms with Crippen molar-refractivity contribution in [3.05, 3.63) is 52.8 Å². The quantitative estimate of drug-likeness (QED) is 0.692. The molecule has 2 atom stereocenters. The fourth-order valence-corrected chi connectivity index (χ4v) is 4.18. The van der Waals surface area contributed by atoms with E-state index >= 15 is 0 Å². The predicted octanol–water partition coefficient (Wildman–Crippen LogP) is 4.50. The van der Waals surface area contributed by atoms with Crippen LogP contribution in [-0.4, -0.2) is 24.7 Å². The summed E-state index contributed by atoms with van der Waals surface area (Å²) in [6.45, 7) is 1.88. The maximum atomic E-state index is 14.4. The molecule has 5 nitrogen and oxygen atoms in total. The van der Waals surface area contributed by atoms with Crippen LogP contribution in [0.3, 0.4) is 0 Å². The topological polar surface area (TPSA) is 65.4 Å². The molecule has 2 aliphatic heterocycles. The molecule has 2 aromatic carbocycles. The van der Waals surface area contributed by atoms with E-state index in [4.69, 9.17) is 4.74 Å². The summed E-state index contributed by atoms with van der Waals surface area (Å²) in [4.78, 5) is 13.4. The highest BCUT2D eigenvalue weighted by Gasteiger charge is 2.45. The molecule has 0 aliphatic carbocycles. The summed E-state index contributed by atoms with van der Waals surface area (Å²) in [6.07, 6.45) is -4.23. The third-order valence-corrected chi connectivity index (χ3v) is 5.52. The van der Waals surface area contributed by atoms with Crippen molar-refractivity contribution >= 4 is 11.6 Å². The van der Waals surface area contributed by atoms with Crippen LogP contribution in [0.4, 0.5) is 23.2 Å². The van der Waals surface area contributed by atoms with Gasteiger partial charge in [0.1, 0.15) is 17.6 Å². The molecule has 1 amide bonds. The third-order valence-electron chi connectivity index (χ3n) is 5.52. The monoisotopic (exact) mass is 419 g/mol. The van der Waals surface area contributed by atoms with Crippen molar-refractivity contribution in [1.29, 1.82) is 5.26 Å². The van der Waals surface area contributed by atoms with Gasteiger partial charge in [0.05, 0.1) is 23.3 Å². The summed E-state index contributed by atoms with van der Waals surface area (Å²) >= 11 is 0. The zero-order chi connectivity index (χ0) is 21.6. The maximum absolute atomic E-state index is 14.4. The molecule has 0 radical (unpaired) electrons. The van der Waals surface area contributed by atoms with E-state index in [-0.39, 0.29) is 16.9 Å². The van der Waals surface area contributed by atoms with Gasteiger partial charge in [0, 0.05) is 23.7 Å². The van der Waals surface area contributed by atoms with E-state index < -0.39 is 30.0 Å². The number of hydrogen-bond donors (Lipinski definition) is 1. The van der Waals surface area contributed by atoms with Crippen molar-refractivity contribution < 1.29 is 27.1 Å². The largest absolute Gasteiger partial charge is 0.471 e. The number of para-hydroxylation sites is 1. The first-order valence-electron chi connectivity index (χ1n) is 9.36. The highest BCUT2D eigenvalue weighted by atomic mass is 19.4. The highest BCUT2D eigenvalue weighted by Crippen LogP contribution is 2.49. The number of alkyl halides is 3. The molecule has 2 aliphatic rings. The summed E-state index contributed by atoms with van der Waals surface area (Å²) in [5, 5.41) is 11.8. The van der Waals surface area contributed by atoms with E-state index in [2.05, 4.69) is 5.32 Å². The Balaban J connectivity index is 1.90. The van der Waals surface area contributed by atoms with E-state index in [0.717, 1.165) is 0 Å². The van der Waals surface area contributed by atoms with Gasteiger partial charge in [-0.2, -0.15) is 18.4 Å². The van der Waals surface area contributed by atoms with Crippen LogP contribution in [0, 0.1) is 24.1 Å². The highest BCUT2D eigenvalue weighted by molar-refractivity contribution is 5.82. The number of nitriles is 1. The third kappa shape index (κ3) is 3.22. The minimum absolute atomic E-state index is 0.0607. The van der Waals surface area contributed by atoms with Crippen molar-refractivity contribution in [1.82, 2.24) is 5.32 Å². The minimum Gasteiger partial charge on any atom is -0.455 e. The lowest BCUT2D eigenvalue weighted by atomic mass is 9.88. The van der Waals surface area contributed by atoms with Crippen molar-refractivity contribution in [2.24, 2.45) is 0 Å². The van der Waals surface area contributed by atoms with Crippen LogP contribution in [0.25, 0.3) is 0 Å². The van der Waals surface area contributed by atoms with E-state index in [9.17, 15) is 27.6 Å². The first-order valence-corrected chi connectivity index (χ1v) is 9.36. The van der Waals surface area contributed by atoms with Crippen molar-refractivity contribution in [2.75, 3.05) is 11.4 Å². The van der Waals surface area contributed by atoms with Crippen LogP contribution in [0.5, 0.6) is 11.5 Å². The van der Waals surface area contributed by atoms with Gasteiger partial charge in [-0.05, 0) is 25.8 Å². The Bertz CT molecular complexity index is 1060. The van der Waals surface area contributed by atoms with Gasteiger partial charge in [-0.3, -0.25) is 4.79 Å². The summed E-state index contributed by atoms with van der Waals surface area (Å²) in [5.74, 6) is -2.17. The molecular formula is C21H17F4N3O2. The molecule has 2 heterocycles. The first kappa shape index (κ1) is 20.0. The Morgan fingerprint density at radius 2 is 2.03 bits per heavy atom. The van der Waals surface area contributed by atoms with Crippen molar-refractivity contribution in [2.45, 2.75) is 38.0 Å². The number of nitrogens with one attached hydrogen (secondary N) is 1. The number of anilines is 1. The molecule has 0 saturated carbocycles. The summed E-state index contributed by atoms with van der Waals surface area (Å²) in [6, 6.07) is 8.34. The van der Waals surface area contributed by atoms with E-state index in [0.29, 0.717) is 36.4 Å². The molecule has 156 valence electrons. The Kier molecular flexibility index (Phi) is 4.80. The van der Waals surface area contributed by atoms with Crippen molar-refractivity contribution in [3.8, 4) is 17.6 Å². The SMILES string of the molecule is Cc1c(F)cc2c(c1C#N)N1CCC[C@H](NC(=O)C(F)(F)F)[C@H]1c1ccccc1O2. The number of carbonyl (C=O) groups is 1. The molecule has 4 rings (SSSR count). The van der Waals surface area contributed by atoms with Crippen LogP contribution in [-0.2, 0) is 4.79 Å². The summed E-state index contributed by atoms with van der Waals surface area (Å²) in [7, 11) is 0. The number of rotatable bonds is 1. The Morgan fingerprint density at radius 1 is 1.30 bits per heavy atom. The molecule has 0 unspecified atom stereocenters. The fourth-order valence-electron chi connectivity index (χ4n) is 4.18. The number of benzene rings is 2. The Hall–Kier alpha value is -3.28. The van der Waals surface area contributed by atoms with Crippen LogP contribution in [0.15, 0.2) is 30.3 Å². The average molecular weight is 419 g/mol. The van der Waals surface area contributed by atoms with Gasteiger partial charge in [-0.1, -0.05) is 18.2 Å². The lowest BCUT2D eigenvalue weighted by Crippen LogP contribution is -2.53. The molecule has 1 saturated heterocycles. The Morgan fingerprint density at radius 3 is 2.73 bits per heavy atom. The molecule has 9 heteroatoms. The predicted molar refractivity (Wildman–Crippen MR) is 99.7 cm³/mol. The van der Waals surface area contributed by atoms with Gasteiger partial charge in [-0.25, -0.2) is 4.39 Å². The number of piperidine rings is 1. The number of halogens is 4. The van der Waals surface area contributed by atoms with Gasteiger partial charge in [0.25, 0.3) is 0 Å². The zero-order valence-electron chi connectivity index (χ0n) is 15.9. The lowest BCUT2D eigenvalue weighted by molar-refractivity contribution is -0.174. The number of nitrogens with zero attached hydrogens (tertiary/aromatic N) is 2. The van der Waals surface area contributed by atoms with Crippen LogP contribution in [0.2, 0.25) is 0 Å². The molecule has 2 aromatic rings.